The van der Waals surface area contributed by atoms with Crippen molar-refractivity contribution >= 4 is 27.3 Å². The lowest BCUT2D eigenvalue weighted by Gasteiger charge is -2.35. The number of alkyl halides is 3. The van der Waals surface area contributed by atoms with E-state index in [-0.39, 0.29) is 12.5 Å². The fourth-order valence-corrected chi connectivity index (χ4v) is 3.06. The van der Waals surface area contributed by atoms with Crippen LogP contribution < -0.4 is 4.90 Å². The van der Waals surface area contributed by atoms with Crippen LogP contribution in [0.2, 0.25) is 0 Å². The molecule has 2 heterocycles. The maximum Gasteiger partial charge on any atom is 0.416 e. The molecule has 2 aromatic rings. The smallest absolute Gasteiger partial charge is 0.396 e. The number of hydrogen-bond donors (Lipinski definition) is 1. The van der Waals surface area contributed by atoms with Gasteiger partial charge in [-0.2, -0.15) is 13.2 Å². The molecule has 0 saturated heterocycles. The summed E-state index contributed by atoms with van der Waals surface area (Å²) in [5, 5.41) is 9.47. The summed E-state index contributed by atoms with van der Waals surface area (Å²) in [5.41, 5.74) is 1.66. The minimum atomic E-state index is -4.35. The van der Waals surface area contributed by atoms with Gasteiger partial charge < -0.3 is 10.0 Å². The van der Waals surface area contributed by atoms with Crippen LogP contribution >= 0.6 is 15.9 Å². The molecule has 1 aliphatic rings. The molecular formula is C16H14BrF3N2O. The zero-order chi connectivity index (χ0) is 16.6. The third-order valence-electron chi connectivity index (χ3n) is 3.89. The molecule has 23 heavy (non-hydrogen) atoms. The van der Waals surface area contributed by atoms with E-state index in [0.717, 1.165) is 28.0 Å². The van der Waals surface area contributed by atoms with Crippen LogP contribution in [0.4, 0.5) is 24.5 Å². The highest BCUT2D eigenvalue weighted by Gasteiger charge is 2.31. The van der Waals surface area contributed by atoms with E-state index in [1.807, 2.05) is 11.0 Å². The van der Waals surface area contributed by atoms with Crippen molar-refractivity contribution in [3.63, 3.8) is 0 Å². The first-order chi connectivity index (χ1) is 10.9. The molecule has 1 N–H and O–H groups in total. The Bertz CT molecular complexity index is 703. The van der Waals surface area contributed by atoms with Gasteiger partial charge in [0.2, 0.25) is 0 Å². The lowest BCUT2D eigenvalue weighted by Crippen LogP contribution is -2.34. The van der Waals surface area contributed by atoms with Crippen LogP contribution in [0.15, 0.2) is 41.0 Å². The topological polar surface area (TPSA) is 36.4 Å². The van der Waals surface area contributed by atoms with E-state index in [1.165, 1.54) is 12.1 Å². The molecule has 1 atom stereocenters. The van der Waals surface area contributed by atoms with Crippen molar-refractivity contribution < 1.29 is 18.3 Å². The van der Waals surface area contributed by atoms with Crippen molar-refractivity contribution in [2.75, 3.05) is 18.1 Å². The van der Waals surface area contributed by atoms with Gasteiger partial charge in [-0.3, -0.25) is 4.98 Å². The molecule has 122 valence electrons. The van der Waals surface area contributed by atoms with Gasteiger partial charge >= 0.3 is 6.18 Å². The molecule has 1 unspecified atom stereocenters. The number of fused-ring (bicyclic) bond motifs is 1. The predicted octanol–water partition coefficient (Wildman–Crippen LogP) is 4.17. The molecule has 7 heteroatoms. The molecule has 1 aliphatic heterocycles. The molecule has 1 aromatic heterocycles. The van der Waals surface area contributed by atoms with E-state index >= 15 is 0 Å². The second kappa shape index (κ2) is 6.13. The molecule has 1 aromatic carbocycles. The van der Waals surface area contributed by atoms with Crippen molar-refractivity contribution in [1.82, 2.24) is 4.98 Å². The minimum Gasteiger partial charge on any atom is -0.396 e. The van der Waals surface area contributed by atoms with E-state index in [0.29, 0.717) is 18.7 Å². The molecule has 0 fully saturated rings. The summed E-state index contributed by atoms with van der Waals surface area (Å²) < 4.78 is 38.9. The van der Waals surface area contributed by atoms with Crippen LogP contribution in [0.3, 0.4) is 0 Å². The monoisotopic (exact) mass is 386 g/mol. The highest BCUT2D eigenvalue weighted by atomic mass is 79.9. The lowest BCUT2D eigenvalue weighted by molar-refractivity contribution is -0.137. The molecular weight excluding hydrogens is 373 g/mol. The van der Waals surface area contributed by atoms with Gasteiger partial charge in [-0.1, -0.05) is 0 Å². The zero-order valence-electron chi connectivity index (χ0n) is 12.0. The Morgan fingerprint density at radius 3 is 2.57 bits per heavy atom. The summed E-state index contributed by atoms with van der Waals surface area (Å²) in [6, 6.07) is 6.94. The quantitative estimate of drug-likeness (QED) is 0.841. The number of rotatable bonds is 2. The van der Waals surface area contributed by atoms with Crippen LogP contribution in [-0.4, -0.2) is 23.2 Å². The van der Waals surface area contributed by atoms with Gasteiger partial charge in [-0.15, -0.1) is 0 Å². The standard InChI is InChI=1S/C16H14BrF3N2O/c17-12-6-15-14(21-7-12)5-10(9-23)8-22(15)13-3-1-11(2-4-13)16(18,19)20/h1-4,6-7,10,23H,5,8-9H2. The van der Waals surface area contributed by atoms with Crippen LogP contribution in [0.25, 0.3) is 0 Å². The number of hydrogen-bond acceptors (Lipinski definition) is 3. The summed E-state index contributed by atoms with van der Waals surface area (Å²) in [6.07, 6.45) is -2.02. The zero-order valence-corrected chi connectivity index (χ0v) is 13.6. The van der Waals surface area contributed by atoms with Crippen LogP contribution in [0, 0.1) is 5.92 Å². The third-order valence-corrected chi connectivity index (χ3v) is 4.33. The number of halogens is 4. The Morgan fingerprint density at radius 1 is 1.26 bits per heavy atom. The van der Waals surface area contributed by atoms with Crippen molar-refractivity contribution in [3.8, 4) is 0 Å². The lowest BCUT2D eigenvalue weighted by atomic mass is 9.96. The van der Waals surface area contributed by atoms with Gasteiger partial charge in [-0.05, 0) is 52.7 Å². The van der Waals surface area contributed by atoms with Gasteiger partial charge in [-0.25, -0.2) is 0 Å². The summed E-state index contributed by atoms with van der Waals surface area (Å²) in [6.45, 7) is 0.543. The summed E-state index contributed by atoms with van der Waals surface area (Å²) in [4.78, 5) is 6.27. The Labute approximate surface area is 139 Å². The Kier molecular flexibility index (Phi) is 4.33. The number of anilines is 2. The predicted molar refractivity (Wildman–Crippen MR) is 84.7 cm³/mol. The molecule has 0 bridgehead atoms. The van der Waals surface area contributed by atoms with E-state index in [1.54, 1.807) is 6.20 Å². The SMILES string of the molecule is OCC1Cc2ncc(Br)cc2N(c2ccc(C(F)(F)F)cc2)C1. The number of pyridine rings is 1. The Morgan fingerprint density at radius 2 is 1.96 bits per heavy atom. The average molecular weight is 387 g/mol. The first-order valence-corrected chi connectivity index (χ1v) is 7.88. The summed E-state index contributed by atoms with van der Waals surface area (Å²) >= 11 is 3.37. The van der Waals surface area contributed by atoms with Crippen LogP contribution in [-0.2, 0) is 12.6 Å². The largest absolute Gasteiger partial charge is 0.416 e. The number of nitrogens with zero attached hydrogens (tertiary/aromatic N) is 2. The van der Waals surface area contributed by atoms with Crippen molar-refractivity contribution in [3.05, 3.63) is 52.3 Å². The molecule has 0 aliphatic carbocycles. The highest BCUT2D eigenvalue weighted by molar-refractivity contribution is 9.10. The van der Waals surface area contributed by atoms with Crippen molar-refractivity contribution in [1.29, 1.82) is 0 Å². The van der Waals surface area contributed by atoms with Gasteiger partial charge in [0.15, 0.2) is 0 Å². The number of aliphatic hydroxyl groups is 1. The number of aliphatic hydroxyl groups excluding tert-OH is 1. The molecule has 0 saturated carbocycles. The number of aromatic nitrogens is 1. The van der Waals surface area contributed by atoms with Gasteiger partial charge in [0.05, 0.1) is 16.9 Å². The van der Waals surface area contributed by atoms with E-state index in [4.69, 9.17) is 0 Å². The van der Waals surface area contributed by atoms with Gasteiger partial charge in [0, 0.05) is 35.4 Å². The third kappa shape index (κ3) is 3.35. The Balaban J connectivity index is 2.00. The van der Waals surface area contributed by atoms with Gasteiger partial charge in [0.1, 0.15) is 0 Å². The summed E-state index contributed by atoms with van der Waals surface area (Å²) in [7, 11) is 0. The second-order valence-corrected chi connectivity index (χ2v) is 6.44. The van der Waals surface area contributed by atoms with E-state index in [9.17, 15) is 18.3 Å². The van der Waals surface area contributed by atoms with E-state index < -0.39 is 11.7 Å². The molecule has 0 radical (unpaired) electrons. The number of benzene rings is 1. The summed E-state index contributed by atoms with van der Waals surface area (Å²) in [5.74, 6) is -0.00142. The fraction of sp³-hybridized carbons (Fsp3) is 0.312. The maximum atomic E-state index is 12.7. The van der Waals surface area contributed by atoms with Crippen LogP contribution in [0.5, 0.6) is 0 Å². The van der Waals surface area contributed by atoms with Crippen molar-refractivity contribution in [2.45, 2.75) is 12.6 Å². The average Bonchev–Trinajstić information content (AvgIpc) is 2.53. The first kappa shape index (κ1) is 16.3. The maximum absolute atomic E-state index is 12.7. The van der Waals surface area contributed by atoms with E-state index in [2.05, 4.69) is 20.9 Å². The molecule has 3 rings (SSSR count). The first-order valence-electron chi connectivity index (χ1n) is 7.08. The molecule has 0 amide bonds. The molecule has 0 spiro atoms. The molecule has 3 nitrogen and oxygen atoms in total. The Hall–Kier alpha value is -1.60. The van der Waals surface area contributed by atoms with Crippen LogP contribution in [0.1, 0.15) is 11.3 Å². The van der Waals surface area contributed by atoms with Crippen molar-refractivity contribution in [2.24, 2.45) is 5.92 Å². The normalized spacial score (nSPS) is 18.0. The second-order valence-electron chi connectivity index (χ2n) is 5.53. The minimum absolute atomic E-state index is 0.00142. The van der Waals surface area contributed by atoms with Gasteiger partial charge in [0.25, 0.3) is 0 Å². The fourth-order valence-electron chi connectivity index (χ4n) is 2.74. The highest BCUT2D eigenvalue weighted by Crippen LogP contribution is 2.37.